The number of hydrogen-bond acceptors (Lipinski definition) is 2. The molecule has 3 aromatic carbocycles. The highest BCUT2D eigenvalue weighted by molar-refractivity contribution is 5.66. The zero-order chi connectivity index (χ0) is 18.7. The van der Waals surface area contributed by atoms with Gasteiger partial charge >= 0.3 is 0 Å². The van der Waals surface area contributed by atoms with Crippen molar-refractivity contribution in [2.24, 2.45) is 5.92 Å². The van der Waals surface area contributed by atoms with E-state index in [1.54, 1.807) is 0 Å². The van der Waals surface area contributed by atoms with Gasteiger partial charge in [-0.3, -0.25) is 0 Å². The second-order valence-electron chi connectivity index (χ2n) is 8.28. The van der Waals surface area contributed by atoms with Crippen LogP contribution in [0.1, 0.15) is 53.5 Å². The van der Waals surface area contributed by atoms with Crippen LogP contribution in [-0.4, -0.2) is 6.79 Å². The minimum absolute atomic E-state index is 0.104. The molecule has 0 aromatic heterocycles. The summed E-state index contributed by atoms with van der Waals surface area (Å²) in [6, 6.07) is 24.8. The number of rotatable bonds is 2. The van der Waals surface area contributed by atoms with Crippen molar-refractivity contribution in [3.8, 4) is 11.5 Å². The second kappa shape index (κ2) is 5.88. The predicted molar refractivity (Wildman–Crippen MR) is 110 cm³/mol. The van der Waals surface area contributed by atoms with Gasteiger partial charge in [-0.05, 0) is 71.0 Å². The Kier molecular flexibility index (Phi) is 3.41. The average Bonchev–Trinajstić information content (AvgIpc) is 3.32. The molecule has 0 radical (unpaired) electrons. The Morgan fingerprint density at radius 2 is 1.64 bits per heavy atom. The van der Waals surface area contributed by atoms with E-state index >= 15 is 0 Å². The van der Waals surface area contributed by atoms with Gasteiger partial charge in [-0.15, -0.1) is 0 Å². The van der Waals surface area contributed by atoms with Crippen molar-refractivity contribution in [1.82, 2.24) is 0 Å². The van der Waals surface area contributed by atoms with Crippen LogP contribution in [0.3, 0.4) is 0 Å². The standard InChI is InChI=1S/C26H24O2/c1-2-19-20-14-24-25(28-16-27-24)15-23(20)26(18-9-4-3-5-10-18)21-11-7-6-8-17(21)12-13-22(19)26/h3-11,14-15,19,22H,2,12-13,16H2,1H3/t19-,22+,26+/m1/s1. The van der Waals surface area contributed by atoms with Crippen LogP contribution >= 0.6 is 0 Å². The first-order chi connectivity index (χ1) is 13.8. The third-order valence-electron chi connectivity index (χ3n) is 7.25. The average molecular weight is 368 g/mol. The van der Waals surface area contributed by atoms with Crippen LogP contribution in [0.25, 0.3) is 0 Å². The van der Waals surface area contributed by atoms with E-state index in [0.29, 0.717) is 18.6 Å². The van der Waals surface area contributed by atoms with Crippen molar-refractivity contribution in [1.29, 1.82) is 0 Å². The lowest BCUT2D eigenvalue weighted by Gasteiger charge is -2.44. The third kappa shape index (κ3) is 1.93. The van der Waals surface area contributed by atoms with E-state index < -0.39 is 0 Å². The Labute approximate surface area is 166 Å². The van der Waals surface area contributed by atoms with Gasteiger partial charge in [0.25, 0.3) is 0 Å². The molecule has 0 unspecified atom stereocenters. The molecule has 0 saturated carbocycles. The van der Waals surface area contributed by atoms with Gasteiger partial charge in [-0.25, -0.2) is 0 Å². The van der Waals surface area contributed by atoms with Crippen LogP contribution in [0.4, 0.5) is 0 Å². The first kappa shape index (κ1) is 16.2. The minimum atomic E-state index is -0.104. The van der Waals surface area contributed by atoms with Crippen molar-refractivity contribution < 1.29 is 9.47 Å². The first-order valence-corrected chi connectivity index (χ1v) is 10.4. The van der Waals surface area contributed by atoms with Crippen LogP contribution in [0.5, 0.6) is 11.5 Å². The summed E-state index contributed by atoms with van der Waals surface area (Å²) in [4.78, 5) is 0. The summed E-state index contributed by atoms with van der Waals surface area (Å²) < 4.78 is 11.6. The van der Waals surface area contributed by atoms with Crippen molar-refractivity contribution in [3.05, 3.63) is 94.5 Å². The Bertz CT molecular complexity index is 1060. The Morgan fingerprint density at radius 1 is 0.893 bits per heavy atom. The summed E-state index contributed by atoms with van der Waals surface area (Å²) >= 11 is 0. The molecule has 0 fully saturated rings. The van der Waals surface area contributed by atoms with Gasteiger partial charge in [-0.1, -0.05) is 61.5 Å². The summed E-state index contributed by atoms with van der Waals surface area (Å²) in [6.45, 7) is 2.66. The van der Waals surface area contributed by atoms with Crippen LogP contribution in [0.15, 0.2) is 66.7 Å². The fourth-order valence-corrected chi connectivity index (χ4v) is 6.25. The molecule has 3 atom stereocenters. The second-order valence-corrected chi connectivity index (χ2v) is 8.28. The smallest absolute Gasteiger partial charge is 0.231 e. The molecule has 3 aromatic rings. The maximum absolute atomic E-state index is 5.82. The van der Waals surface area contributed by atoms with Gasteiger partial charge < -0.3 is 9.47 Å². The summed E-state index contributed by atoms with van der Waals surface area (Å²) in [5, 5.41) is 0. The van der Waals surface area contributed by atoms with E-state index in [1.807, 2.05) is 0 Å². The van der Waals surface area contributed by atoms with Gasteiger partial charge in [0.2, 0.25) is 6.79 Å². The number of ether oxygens (including phenoxy) is 2. The summed E-state index contributed by atoms with van der Waals surface area (Å²) in [7, 11) is 0. The quantitative estimate of drug-likeness (QED) is 0.567. The van der Waals surface area contributed by atoms with Gasteiger partial charge in [0.1, 0.15) is 0 Å². The number of hydrogen-bond donors (Lipinski definition) is 0. The summed E-state index contributed by atoms with van der Waals surface area (Å²) in [5.74, 6) is 2.91. The van der Waals surface area contributed by atoms with Gasteiger partial charge in [0.05, 0.1) is 0 Å². The van der Waals surface area contributed by atoms with E-state index in [2.05, 4.69) is 73.7 Å². The molecule has 0 spiro atoms. The van der Waals surface area contributed by atoms with Crippen molar-refractivity contribution in [2.75, 3.05) is 6.79 Å². The molecule has 28 heavy (non-hydrogen) atoms. The molecule has 0 bridgehead atoms. The molecular weight excluding hydrogens is 344 g/mol. The van der Waals surface area contributed by atoms with Crippen LogP contribution in [0.2, 0.25) is 0 Å². The highest BCUT2D eigenvalue weighted by Gasteiger charge is 2.56. The van der Waals surface area contributed by atoms with Gasteiger partial charge in [-0.2, -0.15) is 0 Å². The molecule has 2 nitrogen and oxygen atoms in total. The maximum Gasteiger partial charge on any atom is 0.231 e. The Balaban J connectivity index is 1.74. The number of aryl methyl sites for hydroxylation is 1. The van der Waals surface area contributed by atoms with Crippen molar-refractivity contribution in [2.45, 2.75) is 37.5 Å². The lowest BCUT2D eigenvalue weighted by atomic mass is 9.58. The van der Waals surface area contributed by atoms with E-state index in [4.69, 9.17) is 9.47 Å². The maximum atomic E-state index is 5.82. The monoisotopic (exact) mass is 368 g/mol. The highest BCUT2D eigenvalue weighted by atomic mass is 16.7. The highest BCUT2D eigenvalue weighted by Crippen LogP contribution is 2.63. The van der Waals surface area contributed by atoms with Crippen LogP contribution in [-0.2, 0) is 11.8 Å². The Morgan fingerprint density at radius 3 is 2.46 bits per heavy atom. The van der Waals surface area contributed by atoms with Crippen LogP contribution < -0.4 is 9.47 Å². The van der Waals surface area contributed by atoms with Gasteiger partial charge in [0, 0.05) is 5.41 Å². The lowest BCUT2D eigenvalue weighted by molar-refractivity contribution is 0.173. The predicted octanol–water partition coefficient (Wildman–Crippen LogP) is 5.82. The number of fused-ring (bicyclic) bond motifs is 6. The molecule has 6 rings (SSSR count). The minimum Gasteiger partial charge on any atom is -0.454 e. The van der Waals surface area contributed by atoms with Crippen LogP contribution in [0, 0.1) is 5.92 Å². The summed E-state index contributed by atoms with van der Waals surface area (Å²) in [5.41, 5.74) is 7.15. The van der Waals surface area contributed by atoms with E-state index in [1.165, 1.54) is 34.2 Å². The number of benzene rings is 3. The first-order valence-electron chi connectivity index (χ1n) is 10.4. The normalized spacial score (nSPS) is 26.5. The topological polar surface area (TPSA) is 18.5 Å². The third-order valence-corrected chi connectivity index (χ3v) is 7.25. The van der Waals surface area contributed by atoms with Crippen molar-refractivity contribution >= 4 is 0 Å². The zero-order valence-electron chi connectivity index (χ0n) is 16.2. The molecule has 140 valence electrons. The molecule has 3 aliphatic rings. The lowest BCUT2D eigenvalue weighted by Crippen LogP contribution is -2.39. The fraction of sp³-hybridized carbons (Fsp3) is 0.308. The molecular formula is C26H24O2. The molecule has 2 aliphatic carbocycles. The molecule has 0 N–H and O–H groups in total. The fourth-order valence-electron chi connectivity index (χ4n) is 6.25. The largest absolute Gasteiger partial charge is 0.454 e. The van der Waals surface area contributed by atoms with E-state index in [-0.39, 0.29) is 5.41 Å². The molecule has 0 saturated heterocycles. The SMILES string of the molecule is CC[C@@H]1c2cc3c(cc2[C@@]2(c4ccccc4)c4ccccc4CC[C@@H]12)OCO3. The van der Waals surface area contributed by atoms with E-state index in [0.717, 1.165) is 24.3 Å². The molecule has 1 aliphatic heterocycles. The molecule has 2 heteroatoms. The summed E-state index contributed by atoms with van der Waals surface area (Å²) in [6.07, 6.45) is 3.52. The van der Waals surface area contributed by atoms with Gasteiger partial charge in [0.15, 0.2) is 11.5 Å². The van der Waals surface area contributed by atoms with Crippen molar-refractivity contribution in [3.63, 3.8) is 0 Å². The Hall–Kier alpha value is -2.74. The van der Waals surface area contributed by atoms with E-state index in [9.17, 15) is 0 Å². The molecule has 0 amide bonds. The molecule has 1 heterocycles. The zero-order valence-corrected chi connectivity index (χ0v) is 16.2.